The number of nitrogens with zero attached hydrogens (tertiary/aromatic N) is 4. The van der Waals surface area contributed by atoms with Crippen LogP contribution in [-0.2, 0) is 6.54 Å². The maximum Gasteiger partial charge on any atom is 0.131 e. The first-order valence-corrected chi connectivity index (χ1v) is 11.0. The van der Waals surface area contributed by atoms with Crippen LogP contribution in [0.3, 0.4) is 0 Å². The first-order chi connectivity index (χ1) is 15.7. The van der Waals surface area contributed by atoms with Gasteiger partial charge in [0, 0.05) is 37.1 Å². The summed E-state index contributed by atoms with van der Waals surface area (Å²) in [6, 6.07) is 16.5. The van der Waals surface area contributed by atoms with E-state index >= 15 is 0 Å². The number of hydrogen-bond acceptors (Lipinski definition) is 5. The van der Waals surface area contributed by atoms with Crippen LogP contribution in [0, 0.1) is 6.92 Å². The van der Waals surface area contributed by atoms with Gasteiger partial charge in [-0.3, -0.25) is 9.88 Å². The first-order valence-electron chi connectivity index (χ1n) is 11.0. The molecule has 32 heavy (non-hydrogen) atoms. The van der Waals surface area contributed by atoms with E-state index in [-0.39, 0.29) is 0 Å². The van der Waals surface area contributed by atoms with Crippen molar-refractivity contribution in [3.63, 3.8) is 0 Å². The standard InChI is InChI=1S/C26H28N4O2/c1-18-28-24(25-6-4-5-12-30(18)25)17-29-13-10-20(16-29)19-9-11-27-23(14-19)22-8-7-21(31-2)15-26(22)32-3/h4-9,11-12,14-15,20H,10,13,16-17H2,1-3H3. The molecule has 1 unspecified atom stereocenters. The molecule has 0 bridgehead atoms. The summed E-state index contributed by atoms with van der Waals surface area (Å²) in [6.45, 7) is 5.03. The molecule has 0 radical (unpaired) electrons. The van der Waals surface area contributed by atoms with Crippen molar-refractivity contribution >= 4 is 5.52 Å². The van der Waals surface area contributed by atoms with E-state index in [0.717, 1.165) is 60.3 Å². The quantitative estimate of drug-likeness (QED) is 0.445. The van der Waals surface area contributed by atoms with Crippen LogP contribution in [0.4, 0.5) is 0 Å². The molecule has 5 rings (SSSR count). The van der Waals surface area contributed by atoms with E-state index in [1.165, 1.54) is 11.1 Å². The van der Waals surface area contributed by atoms with Crippen LogP contribution in [0.15, 0.2) is 60.9 Å². The highest BCUT2D eigenvalue weighted by atomic mass is 16.5. The number of pyridine rings is 2. The molecular formula is C26H28N4O2. The van der Waals surface area contributed by atoms with Gasteiger partial charge >= 0.3 is 0 Å². The summed E-state index contributed by atoms with van der Waals surface area (Å²) < 4.78 is 13.1. The van der Waals surface area contributed by atoms with E-state index in [1.54, 1.807) is 14.2 Å². The molecule has 164 valence electrons. The average Bonchev–Trinajstić information content (AvgIpc) is 3.44. The van der Waals surface area contributed by atoms with Gasteiger partial charge in [-0.1, -0.05) is 6.07 Å². The third kappa shape index (κ3) is 3.82. The molecule has 1 saturated heterocycles. The van der Waals surface area contributed by atoms with Crippen molar-refractivity contribution in [3.8, 4) is 22.8 Å². The second kappa shape index (κ2) is 8.63. The Bertz CT molecular complexity index is 1250. The van der Waals surface area contributed by atoms with Crippen LogP contribution in [0.2, 0.25) is 0 Å². The minimum atomic E-state index is 0.482. The molecule has 0 spiro atoms. The largest absolute Gasteiger partial charge is 0.497 e. The number of rotatable bonds is 6. The van der Waals surface area contributed by atoms with Gasteiger partial charge in [0.05, 0.1) is 31.1 Å². The number of benzene rings is 1. The van der Waals surface area contributed by atoms with Crippen LogP contribution < -0.4 is 9.47 Å². The highest BCUT2D eigenvalue weighted by Gasteiger charge is 2.25. The maximum atomic E-state index is 5.59. The second-order valence-corrected chi connectivity index (χ2v) is 8.32. The van der Waals surface area contributed by atoms with Gasteiger partial charge in [-0.15, -0.1) is 0 Å². The summed E-state index contributed by atoms with van der Waals surface area (Å²) in [5.41, 5.74) is 5.58. The monoisotopic (exact) mass is 428 g/mol. The number of methoxy groups -OCH3 is 2. The summed E-state index contributed by atoms with van der Waals surface area (Å²) in [5.74, 6) is 3.06. The lowest BCUT2D eigenvalue weighted by atomic mass is 9.97. The van der Waals surface area contributed by atoms with Crippen molar-refractivity contribution in [2.24, 2.45) is 0 Å². The van der Waals surface area contributed by atoms with Crippen LogP contribution in [0.25, 0.3) is 16.8 Å². The number of imidazole rings is 1. The predicted octanol–water partition coefficient (Wildman–Crippen LogP) is 4.71. The Morgan fingerprint density at radius 1 is 1.06 bits per heavy atom. The minimum absolute atomic E-state index is 0.482. The lowest BCUT2D eigenvalue weighted by molar-refractivity contribution is 0.324. The third-order valence-corrected chi connectivity index (χ3v) is 6.39. The molecule has 4 heterocycles. The molecule has 3 aromatic heterocycles. The highest BCUT2D eigenvalue weighted by Crippen LogP contribution is 2.35. The molecule has 0 N–H and O–H groups in total. The van der Waals surface area contributed by atoms with Crippen molar-refractivity contribution in [3.05, 3.63) is 78.0 Å². The molecule has 1 aromatic carbocycles. The van der Waals surface area contributed by atoms with E-state index in [0.29, 0.717) is 5.92 Å². The van der Waals surface area contributed by atoms with Gasteiger partial charge in [0.1, 0.15) is 17.3 Å². The fraction of sp³-hybridized carbons (Fsp3) is 0.308. The third-order valence-electron chi connectivity index (χ3n) is 6.39. The number of fused-ring (bicyclic) bond motifs is 1. The zero-order chi connectivity index (χ0) is 22.1. The van der Waals surface area contributed by atoms with Gasteiger partial charge in [-0.2, -0.15) is 0 Å². The second-order valence-electron chi connectivity index (χ2n) is 8.32. The Kier molecular flexibility index (Phi) is 5.53. The van der Waals surface area contributed by atoms with Crippen molar-refractivity contribution in [2.75, 3.05) is 27.3 Å². The molecule has 6 nitrogen and oxygen atoms in total. The predicted molar refractivity (Wildman–Crippen MR) is 125 cm³/mol. The Labute approximate surface area is 188 Å². The topological polar surface area (TPSA) is 51.9 Å². The number of ether oxygens (including phenoxy) is 2. The number of hydrogen-bond donors (Lipinski definition) is 0. The van der Waals surface area contributed by atoms with Gasteiger partial charge in [0.25, 0.3) is 0 Å². The molecule has 4 aromatic rings. The van der Waals surface area contributed by atoms with Gasteiger partial charge in [-0.25, -0.2) is 4.98 Å². The summed E-state index contributed by atoms with van der Waals surface area (Å²) in [5, 5.41) is 0. The fourth-order valence-corrected chi connectivity index (χ4v) is 4.70. The van der Waals surface area contributed by atoms with Crippen molar-refractivity contribution in [1.82, 2.24) is 19.3 Å². The van der Waals surface area contributed by atoms with E-state index in [4.69, 9.17) is 14.5 Å². The van der Waals surface area contributed by atoms with Crippen molar-refractivity contribution in [1.29, 1.82) is 0 Å². The Morgan fingerprint density at radius 3 is 2.81 bits per heavy atom. The highest BCUT2D eigenvalue weighted by molar-refractivity contribution is 5.69. The zero-order valence-electron chi connectivity index (χ0n) is 18.8. The molecule has 1 atom stereocenters. The zero-order valence-corrected chi connectivity index (χ0v) is 18.8. The fourth-order valence-electron chi connectivity index (χ4n) is 4.70. The molecule has 0 aliphatic carbocycles. The first kappa shape index (κ1) is 20.5. The van der Waals surface area contributed by atoms with Gasteiger partial charge in [0.15, 0.2) is 0 Å². The van der Waals surface area contributed by atoms with Gasteiger partial charge in [-0.05, 0) is 67.8 Å². The number of aryl methyl sites for hydroxylation is 1. The Morgan fingerprint density at radius 2 is 1.97 bits per heavy atom. The summed E-state index contributed by atoms with van der Waals surface area (Å²) in [4.78, 5) is 12.0. The lowest BCUT2D eigenvalue weighted by Gasteiger charge is -2.16. The number of aromatic nitrogens is 3. The summed E-state index contributed by atoms with van der Waals surface area (Å²) in [6.07, 6.45) is 5.12. The van der Waals surface area contributed by atoms with E-state index < -0.39 is 0 Å². The molecule has 1 aliphatic rings. The smallest absolute Gasteiger partial charge is 0.131 e. The normalized spacial score (nSPS) is 16.5. The summed E-state index contributed by atoms with van der Waals surface area (Å²) >= 11 is 0. The van der Waals surface area contributed by atoms with Gasteiger partial charge < -0.3 is 13.9 Å². The van der Waals surface area contributed by atoms with Crippen LogP contribution in [0.5, 0.6) is 11.5 Å². The molecule has 1 fully saturated rings. The van der Waals surface area contributed by atoms with Crippen LogP contribution in [-0.4, -0.2) is 46.6 Å². The minimum Gasteiger partial charge on any atom is -0.497 e. The van der Waals surface area contributed by atoms with Crippen molar-refractivity contribution < 1.29 is 9.47 Å². The molecule has 0 amide bonds. The van der Waals surface area contributed by atoms with E-state index in [2.05, 4.69) is 57.7 Å². The van der Waals surface area contributed by atoms with Crippen LogP contribution in [0.1, 0.15) is 29.4 Å². The SMILES string of the molecule is COc1ccc(-c2cc(C3CCN(Cc4nc(C)n5ccccc45)C3)ccn2)c(OC)c1. The Balaban J connectivity index is 1.35. The molecule has 0 saturated carbocycles. The molecular weight excluding hydrogens is 400 g/mol. The molecule has 1 aliphatic heterocycles. The van der Waals surface area contributed by atoms with Gasteiger partial charge in [0.2, 0.25) is 0 Å². The summed E-state index contributed by atoms with van der Waals surface area (Å²) in [7, 11) is 3.34. The lowest BCUT2D eigenvalue weighted by Crippen LogP contribution is -2.20. The molecule has 6 heteroatoms. The van der Waals surface area contributed by atoms with E-state index in [9.17, 15) is 0 Å². The van der Waals surface area contributed by atoms with Crippen molar-refractivity contribution in [2.45, 2.75) is 25.8 Å². The maximum absolute atomic E-state index is 5.59. The van der Waals surface area contributed by atoms with E-state index in [1.807, 2.05) is 24.4 Å². The average molecular weight is 429 g/mol. The Hall–Kier alpha value is -3.38. The number of likely N-dealkylation sites (tertiary alicyclic amines) is 1. The van der Waals surface area contributed by atoms with Crippen LogP contribution >= 0.6 is 0 Å².